The van der Waals surface area contributed by atoms with Crippen LogP contribution in [0.15, 0.2) is 24.3 Å². The first-order valence-electron chi connectivity index (χ1n) is 4.63. The molecule has 0 aromatic heterocycles. The molecule has 0 atom stereocenters. The van der Waals surface area contributed by atoms with Crippen LogP contribution in [0.5, 0.6) is 5.75 Å². The maximum absolute atomic E-state index is 5.36. The van der Waals surface area contributed by atoms with Gasteiger partial charge in [-0.25, -0.2) is 0 Å². The third kappa shape index (κ3) is 5.58. The molecule has 0 N–H and O–H groups in total. The number of benzene rings is 1. The fourth-order valence-corrected chi connectivity index (χ4v) is 0.960. The largest absolute Gasteiger partial charge is 0.493 e. The van der Waals surface area contributed by atoms with Crippen LogP contribution >= 0.6 is 12.6 Å². The molecule has 0 saturated carbocycles. The van der Waals surface area contributed by atoms with E-state index in [1.54, 1.807) is 0 Å². The Labute approximate surface area is 86.5 Å². The van der Waals surface area contributed by atoms with Gasteiger partial charge in [0, 0.05) is 5.75 Å². The van der Waals surface area contributed by atoms with E-state index in [0.717, 1.165) is 11.5 Å². The highest BCUT2D eigenvalue weighted by molar-refractivity contribution is 7.80. The molecule has 0 heterocycles. The topological polar surface area (TPSA) is 9.23 Å². The lowest BCUT2D eigenvalue weighted by Crippen LogP contribution is -1.97. The van der Waals surface area contributed by atoms with Gasteiger partial charge in [0.25, 0.3) is 0 Å². The molecule has 0 spiro atoms. The number of hydrogen-bond donors (Lipinski definition) is 1. The molecule has 0 bridgehead atoms. The van der Waals surface area contributed by atoms with E-state index in [1.165, 1.54) is 5.56 Å². The summed E-state index contributed by atoms with van der Waals surface area (Å²) in [5, 5.41) is 0. The summed E-state index contributed by atoms with van der Waals surface area (Å²) >= 11 is 4.05. The second kappa shape index (κ2) is 7.99. The zero-order valence-corrected chi connectivity index (χ0v) is 9.47. The Hall–Kier alpha value is -0.630. The van der Waals surface area contributed by atoms with Crippen molar-refractivity contribution < 1.29 is 4.74 Å². The van der Waals surface area contributed by atoms with Crippen LogP contribution in [0.3, 0.4) is 0 Å². The summed E-state index contributed by atoms with van der Waals surface area (Å²) in [5.41, 5.74) is 1.22. The van der Waals surface area contributed by atoms with Crippen molar-refractivity contribution in [2.45, 2.75) is 20.8 Å². The molecule has 0 saturated heterocycles. The van der Waals surface area contributed by atoms with Crippen LogP contribution in [0, 0.1) is 6.92 Å². The van der Waals surface area contributed by atoms with Crippen molar-refractivity contribution in [1.82, 2.24) is 0 Å². The quantitative estimate of drug-likeness (QED) is 0.733. The van der Waals surface area contributed by atoms with E-state index >= 15 is 0 Å². The smallest absolute Gasteiger partial charge is 0.119 e. The Kier molecular flexibility index (Phi) is 7.60. The second-order valence-electron chi connectivity index (χ2n) is 2.39. The SMILES string of the molecule is CC.Cc1cccc(OCCS)c1. The lowest BCUT2D eigenvalue weighted by Gasteiger charge is -2.03. The Morgan fingerprint density at radius 1 is 1.31 bits per heavy atom. The van der Waals surface area contributed by atoms with Gasteiger partial charge < -0.3 is 4.74 Å². The van der Waals surface area contributed by atoms with Gasteiger partial charge in [0.1, 0.15) is 5.75 Å². The fraction of sp³-hybridized carbons (Fsp3) is 0.455. The summed E-state index contributed by atoms with van der Waals surface area (Å²) in [6.45, 7) is 6.72. The molecule has 1 rings (SSSR count). The van der Waals surface area contributed by atoms with Crippen LogP contribution in [0.2, 0.25) is 0 Å². The van der Waals surface area contributed by atoms with Gasteiger partial charge in [-0.3, -0.25) is 0 Å². The molecule has 0 aliphatic carbocycles. The molecule has 1 aromatic rings. The normalized spacial score (nSPS) is 8.62. The number of hydrogen-bond acceptors (Lipinski definition) is 2. The average Bonchev–Trinajstić information content (AvgIpc) is 2.18. The molecular weight excluding hydrogens is 180 g/mol. The van der Waals surface area contributed by atoms with E-state index in [-0.39, 0.29) is 0 Å². The maximum atomic E-state index is 5.36. The Bertz CT molecular complexity index is 223. The number of rotatable bonds is 3. The van der Waals surface area contributed by atoms with Crippen molar-refractivity contribution in [3.05, 3.63) is 29.8 Å². The number of aryl methyl sites for hydroxylation is 1. The second-order valence-corrected chi connectivity index (χ2v) is 2.84. The highest BCUT2D eigenvalue weighted by Crippen LogP contribution is 2.11. The molecule has 74 valence electrons. The van der Waals surface area contributed by atoms with E-state index in [9.17, 15) is 0 Å². The third-order valence-corrected chi connectivity index (χ3v) is 1.53. The molecule has 0 aliphatic heterocycles. The summed E-state index contributed by atoms with van der Waals surface area (Å²) in [5.74, 6) is 1.69. The van der Waals surface area contributed by atoms with E-state index in [4.69, 9.17) is 4.74 Å². The Balaban J connectivity index is 0.000000671. The van der Waals surface area contributed by atoms with Gasteiger partial charge in [0.15, 0.2) is 0 Å². The van der Waals surface area contributed by atoms with Crippen LogP contribution in [0.4, 0.5) is 0 Å². The number of thiol groups is 1. The summed E-state index contributed by atoms with van der Waals surface area (Å²) in [6, 6.07) is 8.01. The van der Waals surface area contributed by atoms with Crippen molar-refractivity contribution in [3.63, 3.8) is 0 Å². The highest BCUT2D eigenvalue weighted by atomic mass is 32.1. The van der Waals surface area contributed by atoms with Crippen LogP contribution < -0.4 is 4.74 Å². The van der Waals surface area contributed by atoms with Crippen molar-refractivity contribution >= 4 is 12.6 Å². The summed E-state index contributed by atoms with van der Waals surface area (Å²) < 4.78 is 5.36. The van der Waals surface area contributed by atoms with Crippen molar-refractivity contribution in [1.29, 1.82) is 0 Å². The van der Waals surface area contributed by atoms with Crippen LogP contribution in [0.1, 0.15) is 19.4 Å². The Morgan fingerprint density at radius 3 is 2.54 bits per heavy atom. The van der Waals surface area contributed by atoms with E-state index in [0.29, 0.717) is 6.61 Å². The lowest BCUT2D eigenvalue weighted by atomic mass is 10.2. The molecule has 0 aliphatic rings. The molecule has 2 heteroatoms. The van der Waals surface area contributed by atoms with Crippen LogP contribution in [0.25, 0.3) is 0 Å². The predicted octanol–water partition coefficient (Wildman–Crippen LogP) is 3.33. The minimum Gasteiger partial charge on any atom is -0.493 e. The van der Waals surface area contributed by atoms with Crippen molar-refractivity contribution in [2.75, 3.05) is 12.4 Å². The minimum absolute atomic E-state index is 0.673. The van der Waals surface area contributed by atoms with E-state index in [2.05, 4.69) is 12.6 Å². The summed E-state index contributed by atoms with van der Waals surface area (Å²) in [4.78, 5) is 0. The third-order valence-electron chi connectivity index (χ3n) is 1.35. The fourth-order valence-electron chi connectivity index (χ4n) is 0.869. The van der Waals surface area contributed by atoms with Gasteiger partial charge in [-0.05, 0) is 24.6 Å². The summed E-state index contributed by atoms with van der Waals surface area (Å²) in [6.07, 6.45) is 0. The van der Waals surface area contributed by atoms with E-state index < -0.39 is 0 Å². The number of ether oxygens (including phenoxy) is 1. The average molecular weight is 198 g/mol. The van der Waals surface area contributed by atoms with E-state index in [1.807, 2.05) is 45.0 Å². The van der Waals surface area contributed by atoms with Crippen LogP contribution in [-0.2, 0) is 0 Å². The molecule has 0 radical (unpaired) electrons. The first-order chi connectivity index (χ1) is 6.33. The predicted molar refractivity (Wildman–Crippen MR) is 61.9 cm³/mol. The molecule has 13 heavy (non-hydrogen) atoms. The summed E-state index contributed by atoms with van der Waals surface area (Å²) in [7, 11) is 0. The van der Waals surface area contributed by atoms with Gasteiger partial charge >= 0.3 is 0 Å². The molecule has 0 unspecified atom stereocenters. The first kappa shape index (κ1) is 12.4. The van der Waals surface area contributed by atoms with Gasteiger partial charge in [0.05, 0.1) is 6.61 Å². The monoisotopic (exact) mass is 198 g/mol. The molecule has 1 aromatic carbocycles. The van der Waals surface area contributed by atoms with Gasteiger partial charge in [-0.2, -0.15) is 12.6 Å². The first-order valence-corrected chi connectivity index (χ1v) is 5.26. The van der Waals surface area contributed by atoms with Gasteiger partial charge in [-0.1, -0.05) is 26.0 Å². The molecule has 0 fully saturated rings. The van der Waals surface area contributed by atoms with Crippen LogP contribution in [-0.4, -0.2) is 12.4 Å². The molecule has 0 amide bonds. The van der Waals surface area contributed by atoms with Gasteiger partial charge in [0.2, 0.25) is 0 Å². The standard InChI is InChI=1S/C9H12OS.C2H6/c1-8-3-2-4-9(7-8)10-5-6-11;1-2/h2-4,7,11H,5-6H2,1H3;1-2H3. The minimum atomic E-state index is 0.673. The zero-order valence-electron chi connectivity index (χ0n) is 8.58. The van der Waals surface area contributed by atoms with Gasteiger partial charge in [-0.15, -0.1) is 0 Å². The van der Waals surface area contributed by atoms with Crippen molar-refractivity contribution in [3.8, 4) is 5.75 Å². The highest BCUT2D eigenvalue weighted by Gasteiger charge is 1.90. The Morgan fingerprint density at radius 2 is 2.00 bits per heavy atom. The molecule has 1 nitrogen and oxygen atoms in total. The van der Waals surface area contributed by atoms with Crippen molar-refractivity contribution in [2.24, 2.45) is 0 Å². The maximum Gasteiger partial charge on any atom is 0.119 e. The molecular formula is C11H18OS. The zero-order chi connectivity index (χ0) is 10.1. The lowest BCUT2D eigenvalue weighted by molar-refractivity contribution is 0.344.